The monoisotopic (exact) mass is 942 g/mol. The first-order chi connectivity index (χ1) is 33.5. The highest BCUT2D eigenvalue weighted by atomic mass is 79.9. The molecule has 0 saturated heterocycles. The zero-order chi connectivity index (χ0) is 46.2. The number of nitrogens with zero attached hydrogens (tertiary/aromatic N) is 2. The molecule has 0 saturated carbocycles. The van der Waals surface area contributed by atoms with Gasteiger partial charge >= 0.3 is 7.12 Å². The Morgan fingerprint density at radius 2 is 0.691 bits per heavy atom. The van der Waals surface area contributed by atoms with Gasteiger partial charge in [-0.15, -0.1) is 0 Å². The summed E-state index contributed by atoms with van der Waals surface area (Å²) in [5.74, 6) is 0. The maximum absolute atomic E-state index is 9.43. The highest BCUT2D eigenvalue weighted by Gasteiger charge is 2.17. The highest BCUT2D eigenvalue weighted by Crippen LogP contribution is 2.35. The lowest BCUT2D eigenvalue weighted by Gasteiger charge is -2.08. The summed E-state index contributed by atoms with van der Waals surface area (Å²) in [4.78, 5) is 0. The standard InChI is InChI=1S/C31H23N.C18H14BNO2.C13H11Br/c1-3-9-23(10-4-1)21-24-15-17-25(18-16-24)26-19-20-31-29(22-26)28-13-7-8-14-30(28)32(31)27-11-5-2-6-12-27;21-19(22)13-10-11-18-16(12-13)15-8-4-5-9-17(15)20(18)14-6-2-1-3-7-14;14-13-8-6-12(7-9-13)10-11-4-2-1-3-5-11/h1-20,22H,21H2;1-12,21-22H;1-9H,10H2. The van der Waals surface area contributed by atoms with Gasteiger partial charge in [-0.25, -0.2) is 0 Å². The molecule has 0 aliphatic carbocycles. The third kappa shape index (κ3) is 9.71. The number of hydrogen-bond donors (Lipinski definition) is 2. The number of rotatable bonds is 8. The lowest BCUT2D eigenvalue weighted by atomic mass is 9.80. The van der Waals surface area contributed by atoms with Crippen LogP contribution in [0.3, 0.4) is 0 Å². The van der Waals surface area contributed by atoms with E-state index >= 15 is 0 Å². The number of para-hydroxylation sites is 4. The van der Waals surface area contributed by atoms with Crippen molar-refractivity contribution in [1.82, 2.24) is 9.13 Å². The van der Waals surface area contributed by atoms with Crippen LogP contribution < -0.4 is 5.46 Å². The molecule has 0 amide bonds. The Balaban J connectivity index is 0.000000129. The molecule has 2 heterocycles. The van der Waals surface area contributed by atoms with Crippen LogP contribution in [0.5, 0.6) is 0 Å². The van der Waals surface area contributed by atoms with E-state index in [4.69, 9.17) is 0 Å². The van der Waals surface area contributed by atoms with Crippen LogP contribution in [0.15, 0.2) is 259 Å². The average molecular weight is 944 g/mol. The molecule has 0 aliphatic heterocycles. The van der Waals surface area contributed by atoms with Crippen LogP contribution in [0.2, 0.25) is 0 Å². The number of hydrogen-bond acceptors (Lipinski definition) is 2. The van der Waals surface area contributed by atoms with Crippen molar-refractivity contribution < 1.29 is 10.0 Å². The Kier molecular flexibility index (Phi) is 13.2. The van der Waals surface area contributed by atoms with E-state index in [9.17, 15) is 10.0 Å². The Morgan fingerprint density at radius 1 is 0.324 bits per heavy atom. The molecule has 0 fully saturated rings. The van der Waals surface area contributed by atoms with Crippen LogP contribution >= 0.6 is 15.9 Å². The lowest BCUT2D eigenvalue weighted by molar-refractivity contribution is 0.426. The normalized spacial score (nSPS) is 11.0. The largest absolute Gasteiger partial charge is 0.488 e. The van der Waals surface area contributed by atoms with Gasteiger partial charge in [0.25, 0.3) is 0 Å². The van der Waals surface area contributed by atoms with Crippen LogP contribution in [0, 0.1) is 0 Å². The van der Waals surface area contributed by atoms with Gasteiger partial charge in [0.2, 0.25) is 0 Å². The lowest BCUT2D eigenvalue weighted by Crippen LogP contribution is -2.29. The molecule has 12 rings (SSSR count). The predicted octanol–water partition coefficient (Wildman–Crippen LogP) is 14.5. The van der Waals surface area contributed by atoms with Crippen LogP contribution in [-0.4, -0.2) is 26.3 Å². The van der Waals surface area contributed by atoms with Crippen molar-refractivity contribution >= 4 is 72.1 Å². The Bertz CT molecular complexity index is 3570. The van der Waals surface area contributed by atoms with Crippen molar-refractivity contribution in [3.63, 3.8) is 0 Å². The van der Waals surface area contributed by atoms with Gasteiger partial charge in [0, 0.05) is 37.4 Å². The molecule has 68 heavy (non-hydrogen) atoms. The van der Waals surface area contributed by atoms with Crippen LogP contribution in [0.4, 0.5) is 0 Å². The van der Waals surface area contributed by atoms with E-state index < -0.39 is 7.12 Å². The molecule has 0 unspecified atom stereocenters. The molecule has 2 aromatic heterocycles. The summed E-state index contributed by atoms with van der Waals surface area (Å²) in [5, 5.41) is 23.5. The predicted molar refractivity (Wildman–Crippen MR) is 289 cm³/mol. The first-order valence-electron chi connectivity index (χ1n) is 22.9. The van der Waals surface area contributed by atoms with Crippen LogP contribution in [0.1, 0.15) is 22.3 Å². The molecule has 0 spiro atoms. The van der Waals surface area contributed by atoms with E-state index in [1.165, 1.54) is 60.9 Å². The summed E-state index contributed by atoms with van der Waals surface area (Å²) in [7, 11) is -1.46. The Labute approximate surface area is 405 Å². The molecule has 6 heteroatoms. The second-order valence-electron chi connectivity index (χ2n) is 16.9. The van der Waals surface area contributed by atoms with E-state index in [1.54, 1.807) is 6.07 Å². The van der Waals surface area contributed by atoms with Crippen molar-refractivity contribution in [3.05, 3.63) is 282 Å². The van der Waals surface area contributed by atoms with E-state index in [0.717, 1.165) is 44.8 Å². The molecule has 0 bridgehead atoms. The van der Waals surface area contributed by atoms with Gasteiger partial charge < -0.3 is 19.2 Å². The van der Waals surface area contributed by atoms with E-state index in [-0.39, 0.29) is 0 Å². The number of aromatic nitrogens is 2. The molecule has 4 nitrogen and oxygen atoms in total. The van der Waals surface area contributed by atoms with Crippen molar-refractivity contribution in [2.75, 3.05) is 0 Å². The van der Waals surface area contributed by atoms with Crippen molar-refractivity contribution in [3.8, 4) is 22.5 Å². The highest BCUT2D eigenvalue weighted by molar-refractivity contribution is 9.10. The summed E-state index contributed by atoms with van der Waals surface area (Å²) in [6.45, 7) is 0. The molecule has 12 aromatic rings. The van der Waals surface area contributed by atoms with Gasteiger partial charge in [-0.2, -0.15) is 0 Å². The molecule has 2 N–H and O–H groups in total. The number of halogens is 1. The zero-order valence-electron chi connectivity index (χ0n) is 37.4. The van der Waals surface area contributed by atoms with Crippen LogP contribution in [-0.2, 0) is 12.8 Å². The first-order valence-corrected chi connectivity index (χ1v) is 23.7. The maximum Gasteiger partial charge on any atom is 0.488 e. The molecule has 0 radical (unpaired) electrons. The van der Waals surface area contributed by atoms with E-state index in [0.29, 0.717) is 5.46 Å². The SMILES string of the molecule is Brc1ccc(Cc2ccccc2)cc1.OB(O)c1ccc2c(c1)c1ccccc1n2-c1ccccc1.c1ccc(Cc2ccc(-c3ccc4c(c3)c3ccccc3n4-c3ccccc3)cc2)cc1. The molecule has 10 aromatic carbocycles. The van der Waals surface area contributed by atoms with E-state index in [1.807, 2.05) is 48.5 Å². The quantitative estimate of drug-likeness (QED) is 0.149. The second kappa shape index (κ2) is 20.4. The smallest absolute Gasteiger partial charge is 0.423 e. The third-order valence-electron chi connectivity index (χ3n) is 12.4. The van der Waals surface area contributed by atoms with Crippen molar-refractivity contribution in [1.29, 1.82) is 0 Å². The molecular weight excluding hydrogens is 895 g/mol. The number of benzene rings is 10. The Morgan fingerprint density at radius 3 is 1.18 bits per heavy atom. The Hall–Kier alpha value is -7.74. The van der Waals surface area contributed by atoms with Gasteiger partial charge in [-0.3, -0.25) is 0 Å². The summed E-state index contributed by atoms with van der Waals surface area (Å²) >= 11 is 3.43. The van der Waals surface area contributed by atoms with Crippen molar-refractivity contribution in [2.45, 2.75) is 12.8 Å². The fourth-order valence-electron chi connectivity index (χ4n) is 9.09. The molecule has 328 valence electrons. The average Bonchev–Trinajstić information content (AvgIpc) is 3.91. The van der Waals surface area contributed by atoms with Gasteiger partial charge in [-0.1, -0.05) is 204 Å². The molecular formula is C62H48BBrN2O2. The summed E-state index contributed by atoms with van der Waals surface area (Å²) in [5.41, 5.74) is 15.3. The fraction of sp³-hybridized carbons (Fsp3) is 0.0323. The van der Waals surface area contributed by atoms with Crippen LogP contribution in [0.25, 0.3) is 66.1 Å². The number of fused-ring (bicyclic) bond motifs is 6. The summed E-state index contributed by atoms with van der Waals surface area (Å²) in [6, 6.07) is 88.6. The minimum absolute atomic E-state index is 0.503. The third-order valence-corrected chi connectivity index (χ3v) is 12.9. The summed E-state index contributed by atoms with van der Waals surface area (Å²) < 4.78 is 5.68. The molecule has 0 atom stereocenters. The first kappa shape index (κ1) is 44.1. The van der Waals surface area contributed by atoms with Gasteiger partial charge in [-0.05, 0) is 118 Å². The zero-order valence-corrected chi connectivity index (χ0v) is 39.0. The van der Waals surface area contributed by atoms with E-state index in [2.05, 4.69) is 225 Å². The summed E-state index contributed by atoms with van der Waals surface area (Å²) in [6.07, 6.45) is 1.97. The van der Waals surface area contributed by atoms with Gasteiger partial charge in [0.1, 0.15) is 0 Å². The molecule has 0 aliphatic rings. The maximum atomic E-state index is 9.43. The topological polar surface area (TPSA) is 50.3 Å². The fourth-order valence-corrected chi connectivity index (χ4v) is 9.36. The minimum Gasteiger partial charge on any atom is -0.423 e. The van der Waals surface area contributed by atoms with Crippen molar-refractivity contribution in [2.24, 2.45) is 0 Å². The minimum atomic E-state index is -1.46. The van der Waals surface area contributed by atoms with Gasteiger partial charge in [0.05, 0.1) is 22.1 Å². The second-order valence-corrected chi connectivity index (χ2v) is 17.8. The van der Waals surface area contributed by atoms with Gasteiger partial charge in [0.15, 0.2) is 0 Å².